The number of anilines is 1. The minimum atomic E-state index is -4.39. The number of piperidine rings is 1. The van der Waals surface area contributed by atoms with Gasteiger partial charge >= 0.3 is 6.18 Å². The molecular formula is C17H27F3N4O2S. The van der Waals surface area contributed by atoms with Crippen molar-refractivity contribution < 1.29 is 21.6 Å². The van der Waals surface area contributed by atoms with Crippen LogP contribution in [0.4, 0.5) is 19.0 Å². The maximum absolute atomic E-state index is 13.7. The quantitative estimate of drug-likeness (QED) is 0.815. The lowest BCUT2D eigenvalue weighted by atomic mass is 9.82. The predicted molar refractivity (Wildman–Crippen MR) is 97.2 cm³/mol. The van der Waals surface area contributed by atoms with Crippen molar-refractivity contribution in [3.05, 3.63) is 11.8 Å². The largest absolute Gasteiger partial charge is 0.410 e. The van der Waals surface area contributed by atoms with Gasteiger partial charge in [0.15, 0.2) is 6.04 Å². The summed E-state index contributed by atoms with van der Waals surface area (Å²) in [5, 5.41) is 7.48. The van der Waals surface area contributed by atoms with Crippen LogP contribution in [0.15, 0.2) is 6.07 Å². The van der Waals surface area contributed by atoms with Gasteiger partial charge in [-0.25, -0.2) is 17.4 Å². The van der Waals surface area contributed by atoms with Crippen molar-refractivity contribution in [1.29, 1.82) is 0 Å². The standard InChI is InChI=1S/C17H27F3N4O2S/c1-16(2,3)13-9-14(17(18,19)20)24-15(21-13)8-12(22-24)11-6-5-7-23(10-11)27(4,25)26/h8,11,13-14,21H,5-7,9-10H2,1-4H3/t11-,13-,14+/m0/s1. The van der Waals surface area contributed by atoms with Gasteiger partial charge in [-0.05, 0) is 24.7 Å². The Morgan fingerprint density at radius 1 is 1.26 bits per heavy atom. The van der Waals surface area contributed by atoms with E-state index in [0.29, 0.717) is 30.9 Å². The summed E-state index contributed by atoms with van der Waals surface area (Å²) >= 11 is 0. The monoisotopic (exact) mass is 408 g/mol. The van der Waals surface area contributed by atoms with E-state index in [9.17, 15) is 21.6 Å². The Morgan fingerprint density at radius 3 is 2.48 bits per heavy atom. The van der Waals surface area contributed by atoms with Crippen molar-refractivity contribution in [2.45, 2.75) is 64.2 Å². The Bertz CT molecular complexity index is 798. The molecule has 3 heterocycles. The molecule has 1 aromatic heterocycles. The third kappa shape index (κ3) is 4.26. The number of nitrogens with zero attached hydrogens (tertiary/aromatic N) is 3. The summed E-state index contributed by atoms with van der Waals surface area (Å²) in [5.41, 5.74) is 0.187. The molecule has 2 aliphatic rings. The lowest BCUT2D eigenvalue weighted by molar-refractivity contribution is -0.175. The molecule has 0 unspecified atom stereocenters. The second kappa shape index (κ2) is 6.65. The van der Waals surface area contributed by atoms with Crippen molar-refractivity contribution in [3.8, 4) is 0 Å². The van der Waals surface area contributed by atoms with E-state index in [1.807, 2.05) is 20.8 Å². The van der Waals surface area contributed by atoms with Gasteiger partial charge in [0, 0.05) is 31.1 Å². The molecule has 0 bridgehead atoms. The molecule has 0 amide bonds. The van der Waals surface area contributed by atoms with Gasteiger partial charge < -0.3 is 5.32 Å². The summed E-state index contributed by atoms with van der Waals surface area (Å²) in [6.07, 6.45) is -1.94. The number of nitrogens with one attached hydrogen (secondary N) is 1. The Balaban J connectivity index is 1.93. The van der Waals surface area contributed by atoms with Gasteiger partial charge in [-0.1, -0.05) is 20.8 Å². The second-order valence-corrected chi connectivity index (χ2v) is 10.7. The van der Waals surface area contributed by atoms with Gasteiger partial charge in [-0.2, -0.15) is 18.3 Å². The fraction of sp³-hybridized carbons (Fsp3) is 0.824. The fourth-order valence-electron chi connectivity index (χ4n) is 3.85. The number of hydrogen-bond donors (Lipinski definition) is 1. The number of sulfonamides is 1. The van der Waals surface area contributed by atoms with Crippen LogP contribution >= 0.6 is 0 Å². The molecule has 1 saturated heterocycles. The molecule has 0 saturated carbocycles. The Labute approximate surface area is 158 Å². The highest BCUT2D eigenvalue weighted by atomic mass is 32.2. The lowest BCUT2D eigenvalue weighted by Crippen LogP contribution is -2.44. The van der Waals surface area contributed by atoms with Gasteiger partial charge in [-0.3, -0.25) is 0 Å². The van der Waals surface area contributed by atoms with E-state index < -0.39 is 22.2 Å². The first kappa shape index (κ1) is 20.4. The molecule has 2 aliphatic heterocycles. The van der Waals surface area contributed by atoms with Gasteiger partial charge in [0.2, 0.25) is 10.0 Å². The van der Waals surface area contributed by atoms with Crippen molar-refractivity contribution in [3.63, 3.8) is 0 Å². The second-order valence-electron chi connectivity index (χ2n) is 8.72. The Kier molecular flexibility index (Phi) is 5.03. The van der Waals surface area contributed by atoms with Crippen LogP contribution in [0.3, 0.4) is 0 Å². The summed E-state index contributed by atoms with van der Waals surface area (Å²) in [5.74, 6) is 0.158. The zero-order chi connectivity index (χ0) is 20.2. The Morgan fingerprint density at radius 2 is 1.93 bits per heavy atom. The van der Waals surface area contributed by atoms with Crippen LogP contribution in [-0.2, 0) is 10.0 Å². The number of hydrogen-bond acceptors (Lipinski definition) is 4. The molecule has 154 valence electrons. The molecule has 6 nitrogen and oxygen atoms in total. The lowest BCUT2D eigenvalue weighted by Gasteiger charge is -2.39. The molecular weight excluding hydrogens is 381 g/mol. The first-order valence-corrected chi connectivity index (χ1v) is 11.0. The third-order valence-corrected chi connectivity index (χ3v) is 6.80. The van der Waals surface area contributed by atoms with Crippen LogP contribution in [0, 0.1) is 5.41 Å². The van der Waals surface area contributed by atoms with Crippen LogP contribution < -0.4 is 5.32 Å². The van der Waals surface area contributed by atoms with E-state index in [4.69, 9.17) is 0 Å². The predicted octanol–water partition coefficient (Wildman–Crippen LogP) is 3.36. The van der Waals surface area contributed by atoms with Gasteiger partial charge in [0.25, 0.3) is 0 Å². The molecule has 3 atom stereocenters. The smallest absolute Gasteiger partial charge is 0.367 e. The van der Waals surface area contributed by atoms with Gasteiger partial charge in [-0.15, -0.1) is 0 Å². The summed E-state index contributed by atoms with van der Waals surface area (Å²) in [6.45, 7) is 6.44. The highest BCUT2D eigenvalue weighted by molar-refractivity contribution is 7.88. The van der Waals surface area contributed by atoms with E-state index in [2.05, 4.69) is 10.4 Å². The molecule has 0 radical (unpaired) electrons. The van der Waals surface area contributed by atoms with E-state index >= 15 is 0 Å². The molecule has 10 heteroatoms. The molecule has 3 rings (SSSR count). The van der Waals surface area contributed by atoms with Crippen LogP contribution in [0.25, 0.3) is 0 Å². The van der Waals surface area contributed by atoms with Gasteiger partial charge in [0.1, 0.15) is 5.82 Å². The summed E-state index contributed by atoms with van der Waals surface area (Å²) in [4.78, 5) is 0. The van der Waals surface area contributed by atoms with Crippen molar-refractivity contribution in [2.24, 2.45) is 5.41 Å². The van der Waals surface area contributed by atoms with Gasteiger partial charge in [0.05, 0.1) is 11.9 Å². The van der Waals surface area contributed by atoms with Crippen LogP contribution in [0.1, 0.15) is 57.7 Å². The molecule has 27 heavy (non-hydrogen) atoms. The molecule has 1 aromatic rings. The highest BCUT2D eigenvalue weighted by Gasteiger charge is 2.48. The summed E-state index contributed by atoms with van der Waals surface area (Å²) in [6, 6.07) is -0.353. The zero-order valence-corrected chi connectivity index (χ0v) is 16.9. The molecule has 0 spiro atoms. The normalized spacial score (nSPS) is 27.9. The van der Waals surface area contributed by atoms with Crippen molar-refractivity contribution >= 4 is 15.8 Å². The minimum absolute atomic E-state index is 0.0821. The average Bonchev–Trinajstić information content (AvgIpc) is 2.95. The minimum Gasteiger partial charge on any atom is -0.367 e. The third-order valence-electron chi connectivity index (χ3n) is 5.53. The van der Waals surface area contributed by atoms with E-state index in [-0.39, 0.29) is 30.3 Å². The van der Waals surface area contributed by atoms with E-state index in [0.717, 1.165) is 10.9 Å². The molecule has 1 fully saturated rings. The average molecular weight is 408 g/mol. The maximum Gasteiger partial charge on any atom is 0.410 e. The first-order valence-electron chi connectivity index (χ1n) is 9.14. The number of fused-ring (bicyclic) bond motifs is 1. The molecule has 0 aromatic carbocycles. The van der Waals surface area contributed by atoms with Crippen molar-refractivity contribution in [1.82, 2.24) is 14.1 Å². The topological polar surface area (TPSA) is 67.2 Å². The number of halogens is 3. The van der Waals surface area contributed by atoms with E-state index in [1.165, 1.54) is 4.31 Å². The maximum atomic E-state index is 13.7. The zero-order valence-electron chi connectivity index (χ0n) is 16.0. The summed E-state index contributed by atoms with van der Waals surface area (Å²) < 4.78 is 67.1. The van der Waals surface area contributed by atoms with Crippen LogP contribution in [0.2, 0.25) is 0 Å². The number of aromatic nitrogens is 2. The Hall–Kier alpha value is -1.29. The van der Waals surface area contributed by atoms with Crippen LogP contribution in [-0.4, -0.2) is 54.1 Å². The summed E-state index contributed by atoms with van der Waals surface area (Å²) in [7, 11) is -3.33. The van der Waals surface area contributed by atoms with Crippen LogP contribution in [0.5, 0.6) is 0 Å². The SMILES string of the molecule is CC(C)(C)[C@@H]1C[C@H](C(F)(F)F)n2nc([C@H]3CCCN(S(C)(=O)=O)C3)cc2N1. The first-order chi connectivity index (χ1) is 12.3. The van der Waals surface area contributed by atoms with Crippen molar-refractivity contribution in [2.75, 3.05) is 24.7 Å². The number of alkyl halides is 3. The number of rotatable bonds is 2. The molecule has 0 aliphatic carbocycles. The highest BCUT2D eigenvalue weighted by Crippen LogP contribution is 2.44. The molecule has 1 N–H and O–H groups in total. The fourth-order valence-corrected chi connectivity index (χ4v) is 4.76. The van der Waals surface area contributed by atoms with E-state index in [1.54, 1.807) is 6.07 Å².